The average molecular weight is 245 g/mol. The molecular formula is C16H23NO. The lowest BCUT2D eigenvalue weighted by Gasteiger charge is -2.29. The van der Waals surface area contributed by atoms with Crippen LogP contribution in [0.15, 0.2) is 24.3 Å². The zero-order valence-electron chi connectivity index (χ0n) is 11.3. The van der Waals surface area contributed by atoms with Gasteiger partial charge in [-0.25, -0.2) is 0 Å². The maximum atomic E-state index is 11.7. The van der Waals surface area contributed by atoms with Crippen molar-refractivity contribution >= 4 is 5.91 Å². The number of nitrogens with zero attached hydrogens (tertiary/aromatic N) is 1. The van der Waals surface area contributed by atoms with Crippen molar-refractivity contribution in [2.45, 2.75) is 51.5 Å². The van der Waals surface area contributed by atoms with Gasteiger partial charge in [0.2, 0.25) is 5.91 Å². The van der Waals surface area contributed by atoms with Crippen molar-refractivity contribution in [1.82, 2.24) is 4.90 Å². The minimum atomic E-state index is -0.0480. The van der Waals surface area contributed by atoms with E-state index in [4.69, 9.17) is 6.42 Å². The lowest BCUT2D eigenvalue weighted by atomic mass is 10.0. The molecule has 0 aromatic heterocycles. The first-order valence-corrected chi connectivity index (χ1v) is 6.79. The molecule has 0 saturated heterocycles. The molecule has 0 aliphatic carbocycles. The van der Waals surface area contributed by atoms with E-state index >= 15 is 0 Å². The van der Waals surface area contributed by atoms with Crippen molar-refractivity contribution in [3.05, 3.63) is 24.3 Å². The number of hydrogen-bond acceptors (Lipinski definition) is 1. The highest BCUT2D eigenvalue weighted by Gasteiger charge is 2.21. The second kappa shape index (κ2) is 7.76. The van der Waals surface area contributed by atoms with E-state index in [0.717, 1.165) is 45.1 Å². The molecule has 0 spiro atoms. The molecular weight excluding hydrogens is 222 g/mol. The van der Waals surface area contributed by atoms with E-state index in [1.807, 2.05) is 11.0 Å². The molecule has 0 aromatic carbocycles. The minimum Gasteiger partial charge on any atom is -0.325 e. The van der Waals surface area contributed by atoms with Crippen molar-refractivity contribution in [3.63, 3.8) is 0 Å². The number of rotatable bonds is 7. The van der Waals surface area contributed by atoms with Gasteiger partial charge in [-0.3, -0.25) is 4.79 Å². The Kier molecular flexibility index (Phi) is 6.28. The topological polar surface area (TPSA) is 20.3 Å². The normalized spacial score (nSPS) is 18.8. The number of hydrogen-bond donors (Lipinski definition) is 0. The van der Waals surface area contributed by atoms with Crippen LogP contribution in [0.25, 0.3) is 0 Å². The quantitative estimate of drug-likeness (QED) is 0.383. The third-order valence-electron chi connectivity index (χ3n) is 3.40. The van der Waals surface area contributed by atoms with E-state index in [1.165, 1.54) is 5.57 Å². The van der Waals surface area contributed by atoms with Crippen molar-refractivity contribution < 1.29 is 4.79 Å². The molecule has 1 rings (SSSR count). The van der Waals surface area contributed by atoms with Gasteiger partial charge in [-0.1, -0.05) is 37.5 Å². The second-order valence-corrected chi connectivity index (χ2v) is 4.77. The van der Waals surface area contributed by atoms with Crippen LogP contribution in [-0.4, -0.2) is 23.4 Å². The molecule has 1 atom stereocenters. The molecule has 0 saturated carbocycles. The summed E-state index contributed by atoms with van der Waals surface area (Å²) in [6, 6.07) is -0.0480. The fourth-order valence-electron chi connectivity index (χ4n) is 2.11. The Balaban J connectivity index is 2.25. The highest BCUT2D eigenvalue weighted by atomic mass is 16.2. The van der Waals surface area contributed by atoms with Crippen LogP contribution in [0.3, 0.4) is 0 Å². The summed E-state index contributed by atoms with van der Waals surface area (Å²) >= 11 is 0. The van der Waals surface area contributed by atoms with Gasteiger partial charge in [0.25, 0.3) is 0 Å². The van der Waals surface area contributed by atoms with Crippen LogP contribution in [0.4, 0.5) is 0 Å². The van der Waals surface area contributed by atoms with Crippen molar-refractivity contribution in [2.75, 3.05) is 6.54 Å². The molecule has 18 heavy (non-hydrogen) atoms. The molecule has 2 heteroatoms. The molecule has 1 aliphatic rings. The first kappa shape index (κ1) is 14.6. The molecule has 98 valence electrons. The van der Waals surface area contributed by atoms with Gasteiger partial charge in [0.15, 0.2) is 0 Å². The number of carbonyl (C=O) groups is 1. The van der Waals surface area contributed by atoms with E-state index in [9.17, 15) is 4.79 Å². The Bertz CT molecular complexity index is 362. The van der Waals surface area contributed by atoms with Crippen LogP contribution >= 0.6 is 0 Å². The van der Waals surface area contributed by atoms with Gasteiger partial charge in [-0.2, -0.15) is 0 Å². The van der Waals surface area contributed by atoms with Crippen LogP contribution in [0, 0.1) is 12.3 Å². The molecule has 1 amide bonds. The van der Waals surface area contributed by atoms with Crippen LogP contribution < -0.4 is 0 Å². The number of carbonyl (C=O) groups excluding carboxylic acids is 1. The second-order valence-electron chi connectivity index (χ2n) is 4.77. The fourth-order valence-corrected chi connectivity index (χ4v) is 2.11. The summed E-state index contributed by atoms with van der Waals surface area (Å²) in [5.41, 5.74) is 1.31. The number of unbranched alkanes of at least 4 members (excludes halogenated alkanes) is 2. The minimum absolute atomic E-state index is 0.0480. The monoisotopic (exact) mass is 245 g/mol. The molecule has 0 N–H and O–H groups in total. The molecule has 1 unspecified atom stereocenters. The van der Waals surface area contributed by atoms with E-state index in [-0.39, 0.29) is 11.9 Å². The van der Waals surface area contributed by atoms with E-state index in [1.54, 1.807) is 6.08 Å². The summed E-state index contributed by atoms with van der Waals surface area (Å²) in [6.07, 6.45) is 15.2. The molecule has 0 aromatic rings. The lowest BCUT2D eigenvalue weighted by Crippen LogP contribution is -2.41. The molecule has 0 bridgehead atoms. The zero-order valence-corrected chi connectivity index (χ0v) is 11.3. The summed E-state index contributed by atoms with van der Waals surface area (Å²) in [4.78, 5) is 13.5. The SMILES string of the molecule is C#CC1CC=CC(=O)N1CCCCCC(=C)CC. The van der Waals surface area contributed by atoms with Gasteiger partial charge >= 0.3 is 0 Å². The van der Waals surface area contributed by atoms with E-state index in [2.05, 4.69) is 19.4 Å². The van der Waals surface area contributed by atoms with Gasteiger partial charge in [0.05, 0.1) is 6.04 Å². The molecule has 0 fully saturated rings. The zero-order chi connectivity index (χ0) is 13.4. The molecule has 0 radical (unpaired) electrons. The smallest absolute Gasteiger partial charge is 0.247 e. The third kappa shape index (κ3) is 4.41. The predicted octanol–water partition coefficient (Wildman–Crippen LogP) is 3.30. The Morgan fingerprint density at radius 3 is 3.00 bits per heavy atom. The maximum absolute atomic E-state index is 11.7. The third-order valence-corrected chi connectivity index (χ3v) is 3.40. The summed E-state index contributed by atoms with van der Waals surface area (Å²) < 4.78 is 0. The first-order valence-electron chi connectivity index (χ1n) is 6.79. The Hall–Kier alpha value is -1.49. The van der Waals surface area contributed by atoms with E-state index in [0.29, 0.717) is 0 Å². The number of allylic oxidation sites excluding steroid dienone is 1. The molecule has 1 aliphatic heterocycles. The van der Waals surface area contributed by atoms with Crippen molar-refractivity contribution in [1.29, 1.82) is 0 Å². The standard InChI is InChI=1S/C16H23NO/c1-4-14(3)10-7-6-8-13-17-15(5-2)11-9-12-16(17)18/h2,9,12,15H,3-4,6-8,10-11,13H2,1H3. The predicted molar refractivity (Wildman–Crippen MR) is 76.0 cm³/mol. The van der Waals surface area contributed by atoms with Crippen LogP contribution in [0.2, 0.25) is 0 Å². The van der Waals surface area contributed by atoms with Gasteiger partial charge < -0.3 is 4.90 Å². The average Bonchev–Trinajstić information content (AvgIpc) is 2.39. The van der Waals surface area contributed by atoms with Crippen molar-refractivity contribution in [3.8, 4) is 12.3 Å². The summed E-state index contributed by atoms with van der Waals surface area (Å²) in [6.45, 7) is 6.91. The fraction of sp³-hybridized carbons (Fsp3) is 0.562. The summed E-state index contributed by atoms with van der Waals surface area (Å²) in [5.74, 6) is 2.75. The Morgan fingerprint density at radius 2 is 2.33 bits per heavy atom. The lowest BCUT2D eigenvalue weighted by molar-refractivity contribution is -0.127. The van der Waals surface area contributed by atoms with Gasteiger partial charge in [-0.05, 0) is 38.2 Å². The summed E-state index contributed by atoms with van der Waals surface area (Å²) in [5, 5.41) is 0. The van der Waals surface area contributed by atoms with Crippen LogP contribution in [0.1, 0.15) is 45.4 Å². The van der Waals surface area contributed by atoms with Crippen LogP contribution in [0.5, 0.6) is 0 Å². The van der Waals surface area contributed by atoms with Crippen molar-refractivity contribution in [2.24, 2.45) is 0 Å². The van der Waals surface area contributed by atoms with Gasteiger partial charge in [0.1, 0.15) is 0 Å². The number of terminal acetylenes is 1. The van der Waals surface area contributed by atoms with Gasteiger partial charge in [0, 0.05) is 6.54 Å². The van der Waals surface area contributed by atoms with Crippen LogP contribution in [-0.2, 0) is 4.79 Å². The highest BCUT2D eigenvalue weighted by Crippen LogP contribution is 2.15. The largest absolute Gasteiger partial charge is 0.325 e. The first-order chi connectivity index (χ1) is 8.69. The molecule has 1 heterocycles. The molecule has 2 nitrogen and oxygen atoms in total. The Labute approximate surface area is 111 Å². The summed E-state index contributed by atoms with van der Waals surface area (Å²) in [7, 11) is 0. The van der Waals surface area contributed by atoms with E-state index < -0.39 is 0 Å². The number of amides is 1. The Morgan fingerprint density at radius 1 is 1.56 bits per heavy atom. The van der Waals surface area contributed by atoms with Gasteiger partial charge in [-0.15, -0.1) is 6.42 Å². The highest BCUT2D eigenvalue weighted by molar-refractivity contribution is 5.89. The maximum Gasteiger partial charge on any atom is 0.247 e.